The van der Waals surface area contributed by atoms with Crippen LogP contribution in [-0.2, 0) is 21.4 Å². The Kier molecular flexibility index (Phi) is 7.32. The molecular formula is C19H23FN2O4S. The fourth-order valence-electron chi connectivity index (χ4n) is 2.26. The summed E-state index contributed by atoms with van der Waals surface area (Å²) in [6, 6.07) is 12.2. The summed E-state index contributed by atoms with van der Waals surface area (Å²) in [4.78, 5) is 12.1. The number of benzene rings is 2. The van der Waals surface area contributed by atoms with Gasteiger partial charge in [0.2, 0.25) is 15.9 Å². The number of halogens is 1. The van der Waals surface area contributed by atoms with Crippen LogP contribution in [0.2, 0.25) is 0 Å². The van der Waals surface area contributed by atoms with Crippen LogP contribution in [0.15, 0.2) is 53.4 Å². The number of nitrogens with one attached hydrogen (secondary N) is 1. The zero-order valence-electron chi connectivity index (χ0n) is 15.3. The van der Waals surface area contributed by atoms with Crippen LogP contribution in [0, 0.1) is 5.82 Å². The molecule has 0 aliphatic rings. The van der Waals surface area contributed by atoms with Crippen LogP contribution in [0.1, 0.15) is 18.4 Å². The average molecular weight is 394 g/mol. The molecule has 2 aromatic carbocycles. The van der Waals surface area contributed by atoms with Crippen molar-refractivity contribution >= 4 is 15.9 Å². The molecule has 1 N–H and O–H groups in total. The van der Waals surface area contributed by atoms with Crippen LogP contribution in [0.4, 0.5) is 4.39 Å². The van der Waals surface area contributed by atoms with Gasteiger partial charge in [-0.15, -0.1) is 0 Å². The average Bonchev–Trinajstić information content (AvgIpc) is 2.64. The standard InChI is InChI=1S/C19H23FN2O4S/c1-22(2)27(24,25)18-10-8-15(9-11-18)14-21-19(23)7-4-12-26-17-6-3-5-16(20)13-17/h3,5-6,8-11,13H,4,7,12,14H2,1-2H3,(H,21,23). The minimum Gasteiger partial charge on any atom is -0.493 e. The van der Waals surface area contributed by atoms with Crippen molar-refractivity contribution < 1.29 is 22.3 Å². The largest absolute Gasteiger partial charge is 0.493 e. The van der Waals surface area contributed by atoms with E-state index in [9.17, 15) is 17.6 Å². The van der Waals surface area contributed by atoms with Crippen LogP contribution in [0.25, 0.3) is 0 Å². The smallest absolute Gasteiger partial charge is 0.242 e. The molecule has 8 heteroatoms. The van der Waals surface area contributed by atoms with Crippen molar-refractivity contribution in [3.63, 3.8) is 0 Å². The molecule has 27 heavy (non-hydrogen) atoms. The van der Waals surface area contributed by atoms with Gasteiger partial charge in [0.05, 0.1) is 11.5 Å². The molecule has 0 bridgehead atoms. The van der Waals surface area contributed by atoms with Crippen LogP contribution in [0.3, 0.4) is 0 Å². The summed E-state index contributed by atoms with van der Waals surface area (Å²) in [7, 11) is -0.510. The zero-order chi connectivity index (χ0) is 19.9. The second kappa shape index (κ2) is 9.48. The summed E-state index contributed by atoms with van der Waals surface area (Å²) in [5.74, 6) is -0.0688. The molecule has 0 saturated carbocycles. The molecule has 0 aromatic heterocycles. The third-order valence-electron chi connectivity index (χ3n) is 3.80. The van der Waals surface area contributed by atoms with Crippen molar-refractivity contribution in [2.45, 2.75) is 24.3 Å². The van der Waals surface area contributed by atoms with Gasteiger partial charge in [-0.05, 0) is 36.2 Å². The van der Waals surface area contributed by atoms with Gasteiger partial charge in [0.15, 0.2) is 0 Å². The molecule has 0 unspecified atom stereocenters. The van der Waals surface area contributed by atoms with E-state index in [2.05, 4.69) is 5.32 Å². The lowest BCUT2D eigenvalue weighted by Gasteiger charge is -2.12. The number of nitrogens with zero attached hydrogens (tertiary/aromatic N) is 1. The molecule has 0 saturated heterocycles. The number of carbonyl (C=O) groups excluding carboxylic acids is 1. The molecule has 0 spiro atoms. The van der Waals surface area contributed by atoms with Crippen LogP contribution < -0.4 is 10.1 Å². The predicted octanol–water partition coefficient (Wildman–Crippen LogP) is 2.55. The van der Waals surface area contributed by atoms with E-state index in [4.69, 9.17) is 4.74 Å². The minimum atomic E-state index is -3.46. The molecule has 146 valence electrons. The molecule has 0 heterocycles. The highest BCUT2D eigenvalue weighted by molar-refractivity contribution is 7.89. The monoisotopic (exact) mass is 394 g/mol. The molecule has 2 aromatic rings. The molecular weight excluding hydrogens is 371 g/mol. The van der Waals surface area contributed by atoms with Gasteiger partial charge in [0, 0.05) is 33.1 Å². The summed E-state index contributed by atoms with van der Waals surface area (Å²) in [6.45, 7) is 0.625. The van der Waals surface area contributed by atoms with Gasteiger partial charge in [0.25, 0.3) is 0 Å². The Balaban J connectivity index is 1.72. The van der Waals surface area contributed by atoms with E-state index in [-0.39, 0.29) is 23.0 Å². The fourth-order valence-corrected chi connectivity index (χ4v) is 3.16. The summed E-state index contributed by atoms with van der Waals surface area (Å²) in [6.07, 6.45) is 0.783. The lowest BCUT2D eigenvalue weighted by Crippen LogP contribution is -2.23. The van der Waals surface area contributed by atoms with Crippen molar-refractivity contribution in [1.29, 1.82) is 0 Å². The van der Waals surface area contributed by atoms with Crippen molar-refractivity contribution in [2.24, 2.45) is 0 Å². The van der Waals surface area contributed by atoms with Gasteiger partial charge < -0.3 is 10.1 Å². The summed E-state index contributed by atoms with van der Waals surface area (Å²) >= 11 is 0. The van der Waals surface area contributed by atoms with E-state index < -0.39 is 10.0 Å². The SMILES string of the molecule is CN(C)S(=O)(=O)c1ccc(CNC(=O)CCCOc2cccc(F)c2)cc1. The van der Waals surface area contributed by atoms with E-state index >= 15 is 0 Å². The molecule has 0 radical (unpaired) electrons. The van der Waals surface area contributed by atoms with Gasteiger partial charge in [-0.2, -0.15) is 0 Å². The highest BCUT2D eigenvalue weighted by Crippen LogP contribution is 2.14. The zero-order valence-corrected chi connectivity index (χ0v) is 16.1. The highest BCUT2D eigenvalue weighted by Gasteiger charge is 2.16. The van der Waals surface area contributed by atoms with Gasteiger partial charge in [-0.3, -0.25) is 4.79 Å². The Morgan fingerprint density at radius 2 is 1.85 bits per heavy atom. The van der Waals surface area contributed by atoms with Crippen LogP contribution >= 0.6 is 0 Å². The van der Waals surface area contributed by atoms with E-state index in [1.54, 1.807) is 24.3 Å². The van der Waals surface area contributed by atoms with Crippen LogP contribution in [0.5, 0.6) is 5.75 Å². The predicted molar refractivity (Wildman–Crippen MR) is 100 cm³/mol. The van der Waals surface area contributed by atoms with Crippen molar-refractivity contribution in [2.75, 3.05) is 20.7 Å². The van der Waals surface area contributed by atoms with Crippen molar-refractivity contribution in [1.82, 2.24) is 9.62 Å². The second-order valence-corrected chi connectivity index (χ2v) is 8.27. The molecule has 6 nitrogen and oxygen atoms in total. The first-order valence-corrected chi connectivity index (χ1v) is 9.89. The van der Waals surface area contributed by atoms with Crippen LogP contribution in [-0.4, -0.2) is 39.3 Å². The maximum absolute atomic E-state index is 13.0. The van der Waals surface area contributed by atoms with E-state index in [0.717, 1.165) is 9.87 Å². The van der Waals surface area contributed by atoms with Gasteiger partial charge in [0.1, 0.15) is 11.6 Å². The topological polar surface area (TPSA) is 75.7 Å². The highest BCUT2D eigenvalue weighted by atomic mass is 32.2. The Labute approximate surface area is 159 Å². The van der Waals surface area contributed by atoms with Gasteiger partial charge >= 0.3 is 0 Å². The third-order valence-corrected chi connectivity index (χ3v) is 5.63. The summed E-state index contributed by atoms with van der Waals surface area (Å²) < 4.78 is 43.5. The first kappa shape index (κ1) is 20.9. The number of hydrogen-bond donors (Lipinski definition) is 1. The number of amides is 1. The van der Waals surface area contributed by atoms with E-state index in [1.807, 2.05) is 0 Å². The van der Waals surface area contributed by atoms with Crippen molar-refractivity contribution in [3.05, 3.63) is 59.9 Å². The van der Waals surface area contributed by atoms with Gasteiger partial charge in [-0.25, -0.2) is 17.1 Å². The first-order chi connectivity index (χ1) is 12.8. The maximum Gasteiger partial charge on any atom is 0.242 e. The molecule has 2 rings (SSSR count). The molecule has 0 fully saturated rings. The summed E-state index contributed by atoms with van der Waals surface area (Å²) in [5.41, 5.74) is 0.803. The molecule has 1 amide bonds. The third kappa shape index (κ3) is 6.33. The summed E-state index contributed by atoms with van der Waals surface area (Å²) in [5, 5.41) is 2.77. The van der Waals surface area contributed by atoms with Crippen molar-refractivity contribution in [3.8, 4) is 5.75 Å². The van der Waals surface area contributed by atoms with E-state index in [1.165, 1.54) is 38.4 Å². The molecule has 0 atom stereocenters. The first-order valence-electron chi connectivity index (χ1n) is 8.45. The normalized spacial score (nSPS) is 11.4. The van der Waals surface area contributed by atoms with E-state index in [0.29, 0.717) is 25.3 Å². The Morgan fingerprint density at radius 3 is 2.48 bits per heavy atom. The Morgan fingerprint density at radius 1 is 1.15 bits per heavy atom. The molecule has 0 aliphatic carbocycles. The second-order valence-electron chi connectivity index (χ2n) is 6.12. The van der Waals surface area contributed by atoms with Gasteiger partial charge in [-0.1, -0.05) is 18.2 Å². The number of carbonyl (C=O) groups is 1. The number of rotatable bonds is 9. The number of hydrogen-bond acceptors (Lipinski definition) is 4. The Hall–Kier alpha value is -2.45. The quantitative estimate of drug-likeness (QED) is 0.663. The lowest BCUT2D eigenvalue weighted by molar-refractivity contribution is -0.121. The lowest BCUT2D eigenvalue weighted by atomic mass is 10.2. The fraction of sp³-hybridized carbons (Fsp3) is 0.316. The number of ether oxygens (including phenoxy) is 1. The maximum atomic E-state index is 13.0. The minimum absolute atomic E-state index is 0.136. The number of sulfonamides is 1. The molecule has 0 aliphatic heterocycles. The Bertz CT molecular complexity index is 868.